The zero-order valence-corrected chi connectivity index (χ0v) is 11.9. The molecule has 0 saturated heterocycles. The number of aryl methyl sites for hydroxylation is 2. The zero-order valence-electron chi connectivity index (χ0n) is 11.9. The number of aromatic nitrogens is 2. The van der Waals surface area contributed by atoms with Crippen LogP contribution in [-0.4, -0.2) is 15.5 Å². The average molecular weight is 257 g/mol. The Bertz CT molecular complexity index is 453. The van der Waals surface area contributed by atoms with Crippen LogP contribution in [0, 0.1) is 31.6 Å². The number of nitrogens with one attached hydrogen (secondary N) is 1. The van der Waals surface area contributed by atoms with Gasteiger partial charge in [-0.2, -0.15) is 0 Å². The Kier molecular flexibility index (Phi) is 2.42. The summed E-state index contributed by atoms with van der Waals surface area (Å²) in [5, 5.41) is 3.82. The van der Waals surface area contributed by atoms with Gasteiger partial charge >= 0.3 is 0 Å². The number of hydrogen-bond donors (Lipinski definition) is 1. The number of rotatable bonds is 2. The molecule has 0 amide bonds. The van der Waals surface area contributed by atoms with Gasteiger partial charge in [0, 0.05) is 17.3 Å². The zero-order chi connectivity index (χ0) is 13.0. The third-order valence-electron chi connectivity index (χ3n) is 5.40. The van der Waals surface area contributed by atoms with Gasteiger partial charge in [-0.3, -0.25) is 0 Å². The molecule has 4 bridgehead atoms. The van der Waals surface area contributed by atoms with Crippen molar-refractivity contribution in [3.05, 3.63) is 17.6 Å². The molecule has 4 aliphatic carbocycles. The quantitative estimate of drug-likeness (QED) is 0.881. The molecule has 0 radical (unpaired) electrons. The highest BCUT2D eigenvalue weighted by Crippen LogP contribution is 2.56. The van der Waals surface area contributed by atoms with Crippen molar-refractivity contribution in [2.75, 3.05) is 5.32 Å². The van der Waals surface area contributed by atoms with Crippen LogP contribution in [0.3, 0.4) is 0 Å². The van der Waals surface area contributed by atoms with Crippen LogP contribution in [0.4, 0.5) is 5.82 Å². The molecule has 1 heterocycles. The molecule has 0 spiro atoms. The first-order valence-corrected chi connectivity index (χ1v) is 7.71. The molecule has 19 heavy (non-hydrogen) atoms. The van der Waals surface area contributed by atoms with Crippen LogP contribution in [-0.2, 0) is 0 Å². The van der Waals surface area contributed by atoms with Gasteiger partial charge in [0.2, 0.25) is 0 Å². The fraction of sp³-hybridized carbons (Fsp3) is 0.750. The van der Waals surface area contributed by atoms with Gasteiger partial charge in [-0.25, -0.2) is 9.97 Å². The molecule has 4 fully saturated rings. The van der Waals surface area contributed by atoms with Crippen LogP contribution in [0.5, 0.6) is 0 Å². The summed E-state index contributed by atoms with van der Waals surface area (Å²) in [4.78, 5) is 8.97. The Morgan fingerprint density at radius 2 is 1.58 bits per heavy atom. The predicted molar refractivity (Wildman–Crippen MR) is 76.0 cm³/mol. The summed E-state index contributed by atoms with van der Waals surface area (Å²) in [5.41, 5.74) is 1.42. The van der Waals surface area contributed by atoms with Gasteiger partial charge in [-0.1, -0.05) is 0 Å². The van der Waals surface area contributed by atoms with Gasteiger partial charge in [0.05, 0.1) is 0 Å². The Morgan fingerprint density at radius 3 is 2.11 bits per heavy atom. The van der Waals surface area contributed by atoms with Crippen LogP contribution in [0.25, 0.3) is 0 Å². The minimum atomic E-state index is 0.349. The molecular formula is C16H23N3. The molecule has 4 saturated carbocycles. The smallest absolute Gasteiger partial charge is 0.130 e. The first-order chi connectivity index (χ1) is 9.10. The van der Waals surface area contributed by atoms with E-state index in [-0.39, 0.29) is 0 Å². The van der Waals surface area contributed by atoms with Gasteiger partial charge in [0.25, 0.3) is 0 Å². The largest absolute Gasteiger partial charge is 0.364 e. The molecule has 1 aromatic rings. The van der Waals surface area contributed by atoms with Crippen LogP contribution < -0.4 is 5.32 Å². The molecule has 0 aliphatic heterocycles. The standard InChI is InChI=1S/C16H23N3/c1-10-3-15(18-11(2)17-10)19-16-7-12-4-13(8-16)6-14(5-12)9-16/h3,12-14H,4-9H2,1-2H3,(H,17,18,19). The Labute approximate surface area is 115 Å². The van der Waals surface area contributed by atoms with E-state index in [1.54, 1.807) is 0 Å². The van der Waals surface area contributed by atoms with E-state index in [0.717, 1.165) is 35.1 Å². The van der Waals surface area contributed by atoms with Crippen molar-refractivity contribution in [1.82, 2.24) is 9.97 Å². The van der Waals surface area contributed by atoms with E-state index in [9.17, 15) is 0 Å². The molecule has 0 aromatic carbocycles. The van der Waals surface area contributed by atoms with E-state index in [4.69, 9.17) is 0 Å². The average Bonchev–Trinajstić information content (AvgIpc) is 2.23. The number of hydrogen-bond acceptors (Lipinski definition) is 3. The molecule has 3 nitrogen and oxygen atoms in total. The second-order valence-corrected chi connectivity index (χ2v) is 7.26. The topological polar surface area (TPSA) is 37.8 Å². The second-order valence-electron chi connectivity index (χ2n) is 7.26. The summed E-state index contributed by atoms with van der Waals surface area (Å²) in [6.45, 7) is 4.04. The van der Waals surface area contributed by atoms with E-state index < -0.39 is 0 Å². The maximum atomic E-state index is 4.59. The number of anilines is 1. The third-order valence-corrected chi connectivity index (χ3v) is 5.40. The maximum absolute atomic E-state index is 4.59. The van der Waals surface area contributed by atoms with Gasteiger partial charge in [-0.05, 0) is 70.1 Å². The molecule has 1 N–H and O–H groups in total. The fourth-order valence-corrected chi connectivity index (χ4v) is 5.32. The van der Waals surface area contributed by atoms with Crippen LogP contribution in [0.1, 0.15) is 50.0 Å². The first-order valence-electron chi connectivity index (χ1n) is 7.71. The van der Waals surface area contributed by atoms with Crippen molar-refractivity contribution in [2.45, 2.75) is 57.9 Å². The molecule has 0 unspecified atom stereocenters. The lowest BCUT2D eigenvalue weighted by atomic mass is 9.53. The van der Waals surface area contributed by atoms with Crippen molar-refractivity contribution in [1.29, 1.82) is 0 Å². The fourth-order valence-electron chi connectivity index (χ4n) is 5.32. The lowest BCUT2D eigenvalue weighted by Crippen LogP contribution is -2.54. The first kappa shape index (κ1) is 11.7. The van der Waals surface area contributed by atoms with Gasteiger partial charge in [0.1, 0.15) is 11.6 Å². The highest BCUT2D eigenvalue weighted by Gasteiger charge is 2.51. The van der Waals surface area contributed by atoms with Gasteiger partial charge < -0.3 is 5.32 Å². The SMILES string of the molecule is Cc1cc(NC23CC4CC(CC(C4)C2)C3)nc(C)n1. The number of nitrogens with zero attached hydrogens (tertiary/aromatic N) is 2. The molecule has 4 aliphatic rings. The minimum absolute atomic E-state index is 0.349. The van der Waals surface area contributed by atoms with Gasteiger partial charge in [-0.15, -0.1) is 0 Å². The monoisotopic (exact) mass is 257 g/mol. The molecule has 0 atom stereocenters. The van der Waals surface area contributed by atoms with Crippen molar-refractivity contribution >= 4 is 5.82 Å². The lowest BCUT2D eigenvalue weighted by molar-refractivity contribution is 0.0105. The molecule has 3 heteroatoms. The summed E-state index contributed by atoms with van der Waals surface area (Å²) in [6, 6.07) is 2.10. The highest BCUT2D eigenvalue weighted by molar-refractivity contribution is 5.40. The van der Waals surface area contributed by atoms with Crippen molar-refractivity contribution in [3.63, 3.8) is 0 Å². The Morgan fingerprint density at radius 1 is 1.00 bits per heavy atom. The second kappa shape index (κ2) is 3.94. The van der Waals surface area contributed by atoms with Crippen molar-refractivity contribution < 1.29 is 0 Å². The molecule has 5 rings (SSSR count). The van der Waals surface area contributed by atoms with E-state index in [1.165, 1.54) is 38.5 Å². The minimum Gasteiger partial charge on any atom is -0.364 e. The van der Waals surface area contributed by atoms with Crippen molar-refractivity contribution in [2.24, 2.45) is 17.8 Å². The summed E-state index contributed by atoms with van der Waals surface area (Å²) in [5.74, 6) is 4.85. The summed E-state index contributed by atoms with van der Waals surface area (Å²) >= 11 is 0. The normalized spacial score (nSPS) is 39.6. The highest BCUT2D eigenvalue weighted by atomic mass is 15.1. The predicted octanol–water partition coefficient (Wildman–Crippen LogP) is 3.47. The van der Waals surface area contributed by atoms with Crippen LogP contribution >= 0.6 is 0 Å². The van der Waals surface area contributed by atoms with E-state index in [2.05, 4.69) is 28.3 Å². The van der Waals surface area contributed by atoms with E-state index in [1.807, 2.05) is 6.92 Å². The summed E-state index contributed by atoms with van der Waals surface area (Å²) in [6.07, 6.45) is 8.55. The summed E-state index contributed by atoms with van der Waals surface area (Å²) in [7, 11) is 0. The molecular weight excluding hydrogens is 234 g/mol. The maximum Gasteiger partial charge on any atom is 0.130 e. The molecule has 1 aromatic heterocycles. The van der Waals surface area contributed by atoms with E-state index >= 15 is 0 Å². The lowest BCUT2D eigenvalue weighted by Gasteiger charge is -2.57. The van der Waals surface area contributed by atoms with Crippen LogP contribution in [0.2, 0.25) is 0 Å². The Balaban J connectivity index is 1.62. The Hall–Kier alpha value is -1.12. The van der Waals surface area contributed by atoms with Gasteiger partial charge in [0.15, 0.2) is 0 Å². The third kappa shape index (κ3) is 2.03. The molecule has 102 valence electrons. The summed E-state index contributed by atoms with van der Waals surface area (Å²) < 4.78 is 0. The van der Waals surface area contributed by atoms with E-state index in [0.29, 0.717) is 5.54 Å². The van der Waals surface area contributed by atoms with Crippen LogP contribution in [0.15, 0.2) is 6.07 Å². The van der Waals surface area contributed by atoms with Crippen molar-refractivity contribution in [3.8, 4) is 0 Å².